The molecule has 0 fully saturated rings. The Hall–Kier alpha value is -4.20. The van der Waals surface area contributed by atoms with Crippen molar-refractivity contribution in [2.75, 3.05) is 11.9 Å². The van der Waals surface area contributed by atoms with Crippen LogP contribution in [-0.2, 0) is 9.53 Å². The van der Waals surface area contributed by atoms with Gasteiger partial charge in [0, 0.05) is 18.4 Å². The molecule has 35 heavy (non-hydrogen) atoms. The predicted molar refractivity (Wildman–Crippen MR) is 129 cm³/mol. The highest BCUT2D eigenvalue weighted by Crippen LogP contribution is 2.44. The second kappa shape index (κ2) is 10.4. The van der Waals surface area contributed by atoms with Crippen LogP contribution in [0.25, 0.3) is 11.1 Å². The van der Waals surface area contributed by atoms with E-state index in [0.29, 0.717) is 6.42 Å². The standard InChI is InChI=1S/C27H25FN2O5/c1-2-16(14-24(31)30-23-13-7-12-21(25(23)28)26(32)33)29-27(34)35-15-22-19-10-5-3-8-17(19)18-9-4-6-11-20(18)22/h3-13,16,22H,2,14-15H2,1H3,(H,29,34)(H,30,31)(H,32,33). The Morgan fingerprint density at radius 1 is 0.971 bits per heavy atom. The minimum atomic E-state index is -1.43. The van der Waals surface area contributed by atoms with Crippen LogP contribution in [0.5, 0.6) is 0 Å². The van der Waals surface area contributed by atoms with E-state index in [4.69, 9.17) is 9.84 Å². The molecular weight excluding hydrogens is 451 g/mol. The highest BCUT2D eigenvalue weighted by Gasteiger charge is 2.29. The molecule has 7 nitrogen and oxygen atoms in total. The Kier molecular flexibility index (Phi) is 7.10. The van der Waals surface area contributed by atoms with Gasteiger partial charge in [0.05, 0.1) is 11.3 Å². The summed E-state index contributed by atoms with van der Waals surface area (Å²) in [6, 6.07) is 19.2. The summed E-state index contributed by atoms with van der Waals surface area (Å²) < 4.78 is 19.8. The molecule has 0 bridgehead atoms. The molecule has 0 saturated carbocycles. The summed E-state index contributed by atoms with van der Waals surface area (Å²) in [4.78, 5) is 36.0. The summed E-state index contributed by atoms with van der Waals surface area (Å²) in [6.07, 6.45) is -0.335. The molecule has 0 aromatic heterocycles. The Morgan fingerprint density at radius 3 is 2.20 bits per heavy atom. The van der Waals surface area contributed by atoms with Crippen molar-refractivity contribution in [2.45, 2.75) is 31.7 Å². The first kappa shape index (κ1) is 23.9. The first-order valence-electron chi connectivity index (χ1n) is 11.3. The van der Waals surface area contributed by atoms with Gasteiger partial charge in [-0.1, -0.05) is 61.5 Å². The van der Waals surface area contributed by atoms with E-state index in [-0.39, 0.29) is 24.6 Å². The summed E-state index contributed by atoms with van der Waals surface area (Å²) in [5.41, 5.74) is 3.67. The second-order valence-corrected chi connectivity index (χ2v) is 8.30. The van der Waals surface area contributed by atoms with Gasteiger partial charge in [0.25, 0.3) is 0 Å². The fourth-order valence-electron chi connectivity index (χ4n) is 4.32. The number of carbonyl (C=O) groups excluding carboxylic acids is 2. The van der Waals surface area contributed by atoms with Gasteiger partial charge in [-0.25, -0.2) is 14.0 Å². The molecule has 1 aliphatic carbocycles. The highest BCUT2D eigenvalue weighted by molar-refractivity contribution is 5.94. The Balaban J connectivity index is 1.35. The number of hydrogen-bond acceptors (Lipinski definition) is 4. The van der Waals surface area contributed by atoms with Gasteiger partial charge in [-0.2, -0.15) is 0 Å². The van der Waals surface area contributed by atoms with Crippen LogP contribution in [-0.4, -0.2) is 35.7 Å². The van der Waals surface area contributed by atoms with Gasteiger partial charge >= 0.3 is 12.1 Å². The largest absolute Gasteiger partial charge is 0.478 e. The molecule has 3 aromatic rings. The van der Waals surface area contributed by atoms with Crippen LogP contribution >= 0.6 is 0 Å². The summed E-state index contributed by atoms with van der Waals surface area (Å²) in [5.74, 6) is -3.09. The SMILES string of the molecule is CCC(CC(=O)Nc1cccc(C(=O)O)c1F)NC(=O)OCC1c2ccccc2-c2ccccc21. The molecule has 0 aliphatic heterocycles. The van der Waals surface area contributed by atoms with Crippen LogP contribution < -0.4 is 10.6 Å². The number of halogens is 1. The quantitative estimate of drug-likeness (QED) is 0.416. The van der Waals surface area contributed by atoms with E-state index in [9.17, 15) is 18.8 Å². The lowest BCUT2D eigenvalue weighted by atomic mass is 9.98. The average molecular weight is 477 g/mol. The monoisotopic (exact) mass is 476 g/mol. The molecule has 3 aromatic carbocycles. The number of alkyl carbamates (subject to hydrolysis) is 1. The molecule has 1 unspecified atom stereocenters. The normalized spacial score (nSPS) is 12.9. The molecule has 0 spiro atoms. The van der Waals surface area contributed by atoms with Crippen LogP contribution in [0.15, 0.2) is 66.7 Å². The van der Waals surface area contributed by atoms with E-state index in [2.05, 4.69) is 22.8 Å². The number of benzene rings is 3. The van der Waals surface area contributed by atoms with Crippen molar-refractivity contribution in [1.82, 2.24) is 5.32 Å². The van der Waals surface area contributed by atoms with E-state index in [1.807, 2.05) is 36.4 Å². The first-order valence-corrected chi connectivity index (χ1v) is 11.3. The number of fused-ring (bicyclic) bond motifs is 3. The fraction of sp³-hybridized carbons (Fsp3) is 0.222. The van der Waals surface area contributed by atoms with Crippen molar-refractivity contribution in [3.05, 3.63) is 89.2 Å². The number of rotatable bonds is 8. The molecule has 4 rings (SSSR count). The zero-order chi connectivity index (χ0) is 24.9. The number of carboxylic acids is 1. The van der Waals surface area contributed by atoms with Crippen molar-refractivity contribution >= 4 is 23.7 Å². The molecule has 1 atom stereocenters. The molecular formula is C27H25FN2O5. The maximum Gasteiger partial charge on any atom is 0.407 e. The molecule has 1 aliphatic rings. The van der Waals surface area contributed by atoms with Gasteiger partial charge in [-0.05, 0) is 40.8 Å². The second-order valence-electron chi connectivity index (χ2n) is 8.30. The Bertz CT molecular complexity index is 1230. The minimum absolute atomic E-state index is 0.0824. The Morgan fingerprint density at radius 2 is 1.60 bits per heavy atom. The molecule has 8 heteroatoms. The molecule has 180 valence electrons. The van der Waals surface area contributed by atoms with Gasteiger partial charge in [0.1, 0.15) is 6.61 Å². The van der Waals surface area contributed by atoms with Crippen molar-refractivity contribution < 1.29 is 28.6 Å². The first-order chi connectivity index (χ1) is 16.9. The smallest absolute Gasteiger partial charge is 0.407 e. The van der Waals surface area contributed by atoms with E-state index < -0.39 is 35.4 Å². The number of carbonyl (C=O) groups is 3. The van der Waals surface area contributed by atoms with Crippen molar-refractivity contribution in [3.63, 3.8) is 0 Å². The zero-order valence-electron chi connectivity index (χ0n) is 19.1. The molecule has 3 N–H and O–H groups in total. The maximum absolute atomic E-state index is 14.3. The van der Waals surface area contributed by atoms with E-state index in [0.717, 1.165) is 28.3 Å². The summed E-state index contributed by atoms with van der Waals surface area (Å²) >= 11 is 0. The number of carboxylic acid groups (broad SMARTS) is 1. The van der Waals surface area contributed by atoms with Gasteiger partial charge in [-0.15, -0.1) is 0 Å². The lowest BCUT2D eigenvalue weighted by Crippen LogP contribution is -2.38. The number of amides is 2. The van der Waals surface area contributed by atoms with Crippen molar-refractivity contribution in [3.8, 4) is 11.1 Å². The van der Waals surface area contributed by atoms with Crippen LogP contribution in [0.2, 0.25) is 0 Å². The summed E-state index contributed by atoms with van der Waals surface area (Å²) in [6.45, 7) is 1.95. The summed E-state index contributed by atoms with van der Waals surface area (Å²) in [5, 5.41) is 14.1. The van der Waals surface area contributed by atoms with E-state index in [1.165, 1.54) is 12.1 Å². The van der Waals surface area contributed by atoms with Crippen molar-refractivity contribution in [1.29, 1.82) is 0 Å². The topological polar surface area (TPSA) is 105 Å². The highest BCUT2D eigenvalue weighted by atomic mass is 19.1. The third kappa shape index (κ3) is 5.16. The third-order valence-corrected chi connectivity index (χ3v) is 6.09. The predicted octanol–water partition coefficient (Wildman–Crippen LogP) is 5.17. The zero-order valence-corrected chi connectivity index (χ0v) is 19.1. The number of ether oxygens (including phenoxy) is 1. The van der Waals surface area contributed by atoms with Gasteiger partial charge in [0.15, 0.2) is 5.82 Å². The van der Waals surface area contributed by atoms with Gasteiger partial charge in [0.2, 0.25) is 5.91 Å². The van der Waals surface area contributed by atoms with E-state index in [1.54, 1.807) is 6.92 Å². The van der Waals surface area contributed by atoms with Crippen molar-refractivity contribution in [2.24, 2.45) is 0 Å². The number of aromatic carboxylic acids is 1. The van der Waals surface area contributed by atoms with Gasteiger partial charge < -0.3 is 20.5 Å². The summed E-state index contributed by atoms with van der Waals surface area (Å²) in [7, 11) is 0. The van der Waals surface area contributed by atoms with E-state index >= 15 is 0 Å². The number of nitrogens with one attached hydrogen (secondary N) is 2. The molecule has 2 amide bonds. The lowest BCUT2D eigenvalue weighted by molar-refractivity contribution is -0.116. The van der Waals surface area contributed by atoms with Gasteiger partial charge in [-0.3, -0.25) is 4.79 Å². The molecule has 0 heterocycles. The van der Waals surface area contributed by atoms with Crippen LogP contribution in [0.1, 0.15) is 47.2 Å². The fourth-order valence-corrected chi connectivity index (χ4v) is 4.32. The molecule has 0 saturated heterocycles. The van der Waals surface area contributed by atoms with Crippen LogP contribution in [0.4, 0.5) is 14.9 Å². The van der Waals surface area contributed by atoms with Crippen LogP contribution in [0, 0.1) is 5.82 Å². The minimum Gasteiger partial charge on any atom is -0.478 e. The maximum atomic E-state index is 14.3. The lowest BCUT2D eigenvalue weighted by Gasteiger charge is -2.19. The Labute approximate surface area is 201 Å². The number of hydrogen-bond donors (Lipinski definition) is 3. The average Bonchev–Trinajstić information content (AvgIpc) is 3.17. The molecule has 0 radical (unpaired) electrons. The number of anilines is 1. The van der Waals surface area contributed by atoms with Crippen LogP contribution in [0.3, 0.4) is 0 Å². The third-order valence-electron chi connectivity index (χ3n) is 6.09.